The number of methoxy groups -OCH3 is 2. The molecule has 32 heavy (non-hydrogen) atoms. The van der Waals surface area contributed by atoms with Crippen molar-refractivity contribution in [3.8, 4) is 22.6 Å². The first kappa shape index (κ1) is 18.8. The fourth-order valence-electron chi connectivity index (χ4n) is 5.30. The Bertz CT molecular complexity index is 1540. The highest BCUT2D eigenvalue weighted by atomic mass is 16.5. The van der Waals surface area contributed by atoms with Gasteiger partial charge in [-0.05, 0) is 36.4 Å². The van der Waals surface area contributed by atoms with Gasteiger partial charge in [0.1, 0.15) is 11.5 Å². The van der Waals surface area contributed by atoms with Crippen LogP contribution in [0, 0.1) is 0 Å². The van der Waals surface area contributed by atoms with Gasteiger partial charge in [0.05, 0.1) is 14.2 Å². The van der Waals surface area contributed by atoms with Crippen molar-refractivity contribution >= 4 is 43.6 Å². The summed E-state index contributed by atoms with van der Waals surface area (Å²) in [4.78, 5) is 0. The summed E-state index contributed by atoms with van der Waals surface area (Å²) in [6.07, 6.45) is 0. The zero-order valence-corrected chi connectivity index (χ0v) is 18.6. The summed E-state index contributed by atoms with van der Waals surface area (Å²) in [5, 5.41) is 4.78. The molecule has 0 saturated carbocycles. The summed E-state index contributed by atoms with van der Waals surface area (Å²) < 4.78 is 16.4. The van der Waals surface area contributed by atoms with E-state index in [1.807, 2.05) is 0 Å². The summed E-state index contributed by atoms with van der Waals surface area (Å²) >= 11 is 0. The Balaban J connectivity index is 1.92. The number of aryl methyl sites for hydroxylation is 2. The fourth-order valence-corrected chi connectivity index (χ4v) is 5.30. The standard InChI is InChI=1S/C28H24N2O2/c1-29-19-11-7-5-9-17(19)25-21(29)13-15-23(31-3)27(25)28-24(32-4)16-14-22-26(28)18-10-6-8-12-20(18)30(22)2/h5-16H,1-4H3. The Morgan fingerprint density at radius 2 is 0.906 bits per heavy atom. The van der Waals surface area contributed by atoms with Crippen molar-refractivity contribution in [1.82, 2.24) is 9.13 Å². The first-order chi connectivity index (χ1) is 15.7. The van der Waals surface area contributed by atoms with Crippen molar-refractivity contribution in [2.24, 2.45) is 14.1 Å². The second kappa shape index (κ2) is 6.79. The van der Waals surface area contributed by atoms with Crippen LogP contribution in [0.3, 0.4) is 0 Å². The second-order valence-electron chi connectivity index (χ2n) is 8.23. The van der Waals surface area contributed by atoms with Crippen molar-refractivity contribution in [3.63, 3.8) is 0 Å². The fraction of sp³-hybridized carbons (Fsp3) is 0.143. The molecule has 2 heterocycles. The lowest BCUT2D eigenvalue weighted by Crippen LogP contribution is -1.95. The number of hydrogen-bond acceptors (Lipinski definition) is 2. The molecule has 0 amide bonds. The van der Waals surface area contributed by atoms with Gasteiger partial charge in [-0.25, -0.2) is 0 Å². The van der Waals surface area contributed by atoms with Gasteiger partial charge >= 0.3 is 0 Å². The van der Waals surface area contributed by atoms with E-state index >= 15 is 0 Å². The van der Waals surface area contributed by atoms with Gasteiger partial charge in [0.25, 0.3) is 0 Å². The number of para-hydroxylation sites is 2. The molecule has 0 aliphatic rings. The smallest absolute Gasteiger partial charge is 0.127 e. The zero-order valence-electron chi connectivity index (χ0n) is 18.6. The summed E-state index contributed by atoms with van der Waals surface area (Å²) in [5.74, 6) is 1.68. The summed E-state index contributed by atoms with van der Waals surface area (Å²) in [7, 11) is 7.73. The molecule has 6 rings (SSSR count). The molecule has 4 heteroatoms. The van der Waals surface area contributed by atoms with Crippen molar-refractivity contribution < 1.29 is 9.47 Å². The molecular weight excluding hydrogens is 396 g/mol. The van der Waals surface area contributed by atoms with Crippen LogP contribution in [0.4, 0.5) is 0 Å². The number of benzene rings is 4. The maximum Gasteiger partial charge on any atom is 0.127 e. The highest BCUT2D eigenvalue weighted by Crippen LogP contribution is 2.49. The minimum atomic E-state index is 0.840. The van der Waals surface area contributed by atoms with Crippen LogP contribution in [-0.2, 0) is 14.1 Å². The van der Waals surface area contributed by atoms with Gasteiger partial charge in [-0.15, -0.1) is 0 Å². The van der Waals surface area contributed by atoms with E-state index in [4.69, 9.17) is 9.47 Å². The molecule has 0 N–H and O–H groups in total. The quantitative estimate of drug-likeness (QED) is 0.320. The molecule has 0 aliphatic heterocycles. The number of hydrogen-bond donors (Lipinski definition) is 0. The highest BCUT2D eigenvalue weighted by Gasteiger charge is 2.24. The van der Waals surface area contributed by atoms with Gasteiger partial charge in [-0.1, -0.05) is 36.4 Å². The van der Waals surface area contributed by atoms with Crippen molar-refractivity contribution in [2.75, 3.05) is 14.2 Å². The first-order valence-electron chi connectivity index (χ1n) is 10.7. The SMILES string of the molecule is COc1ccc2c(c1-c1c(OC)ccc3c1c1ccccc1n3C)c1ccccc1n2C. The molecule has 0 atom stereocenters. The van der Waals surface area contributed by atoms with Crippen LogP contribution in [0.2, 0.25) is 0 Å². The Morgan fingerprint density at radius 1 is 0.500 bits per heavy atom. The predicted octanol–water partition coefficient (Wildman–Crippen LogP) is 6.66. The molecular formula is C28H24N2O2. The van der Waals surface area contributed by atoms with Crippen molar-refractivity contribution in [1.29, 1.82) is 0 Å². The third-order valence-corrected chi connectivity index (χ3v) is 6.77. The number of nitrogens with zero attached hydrogens (tertiary/aromatic N) is 2. The van der Waals surface area contributed by atoms with E-state index in [0.29, 0.717) is 0 Å². The second-order valence-corrected chi connectivity index (χ2v) is 8.23. The summed E-state index contributed by atoms with van der Waals surface area (Å²) in [6.45, 7) is 0. The normalized spacial score (nSPS) is 11.8. The molecule has 2 aromatic heterocycles. The molecule has 6 aromatic rings. The maximum atomic E-state index is 5.96. The Labute approximate surface area is 186 Å². The van der Waals surface area contributed by atoms with Gasteiger partial charge in [0, 0.05) is 68.8 Å². The van der Waals surface area contributed by atoms with Crippen LogP contribution in [0.15, 0.2) is 72.8 Å². The van der Waals surface area contributed by atoms with E-state index in [1.165, 1.54) is 43.6 Å². The molecule has 0 spiro atoms. The number of rotatable bonds is 3. The molecule has 0 saturated heterocycles. The van der Waals surface area contributed by atoms with Gasteiger partial charge in [-0.3, -0.25) is 0 Å². The molecule has 0 fully saturated rings. The lowest BCUT2D eigenvalue weighted by atomic mass is 9.93. The zero-order chi connectivity index (χ0) is 22.0. The third-order valence-electron chi connectivity index (χ3n) is 6.77. The Kier molecular flexibility index (Phi) is 3.99. The molecule has 158 valence electrons. The van der Waals surface area contributed by atoms with Crippen LogP contribution in [0.25, 0.3) is 54.7 Å². The lowest BCUT2D eigenvalue weighted by Gasteiger charge is -2.16. The molecule has 0 aliphatic carbocycles. The number of fused-ring (bicyclic) bond motifs is 6. The maximum absolute atomic E-state index is 5.96. The van der Waals surface area contributed by atoms with Gasteiger partial charge in [-0.2, -0.15) is 0 Å². The minimum Gasteiger partial charge on any atom is -0.496 e. The van der Waals surface area contributed by atoms with Crippen molar-refractivity contribution in [2.45, 2.75) is 0 Å². The van der Waals surface area contributed by atoms with Gasteiger partial charge in [0.15, 0.2) is 0 Å². The Morgan fingerprint density at radius 3 is 1.31 bits per heavy atom. The van der Waals surface area contributed by atoms with E-state index in [0.717, 1.165) is 22.6 Å². The van der Waals surface area contributed by atoms with Crippen LogP contribution < -0.4 is 9.47 Å². The predicted molar refractivity (Wildman–Crippen MR) is 133 cm³/mol. The Hall–Kier alpha value is -3.92. The first-order valence-corrected chi connectivity index (χ1v) is 10.7. The highest BCUT2D eigenvalue weighted by molar-refractivity contribution is 6.23. The van der Waals surface area contributed by atoms with Crippen LogP contribution >= 0.6 is 0 Å². The number of aromatic nitrogens is 2. The topological polar surface area (TPSA) is 28.3 Å². The van der Waals surface area contributed by atoms with Crippen LogP contribution in [0.5, 0.6) is 11.5 Å². The monoisotopic (exact) mass is 420 g/mol. The van der Waals surface area contributed by atoms with Gasteiger partial charge < -0.3 is 18.6 Å². The lowest BCUT2D eigenvalue weighted by molar-refractivity contribution is 0.411. The molecule has 4 aromatic carbocycles. The summed E-state index contributed by atoms with van der Waals surface area (Å²) in [6, 6.07) is 25.5. The third kappa shape index (κ3) is 2.32. The largest absolute Gasteiger partial charge is 0.496 e. The van der Waals surface area contributed by atoms with E-state index in [2.05, 4.69) is 96.0 Å². The van der Waals surface area contributed by atoms with E-state index in [-0.39, 0.29) is 0 Å². The van der Waals surface area contributed by atoms with E-state index in [9.17, 15) is 0 Å². The molecule has 0 radical (unpaired) electrons. The number of ether oxygens (including phenoxy) is 2. The van der Waals surface area contributed by atoms with E-state index < -0.39 is 0 Å². The molecule has 0 bridgehead atoms. The van der Waals surface area contributed by atoms with E-state index in [1.54, 1.807) is 14.2 Å². The average Bonchev–Trinajstić information content (AvgIpc) is 3.30. The average molecular weight is 421 g/mol. The van der Waals surface area contributed by atoms with Crippen molar-refractivity contribution in [3.05, 3.63) is 72.8 Å². The van der Waals surface area contributed by atoms with Crippen LogP contribution in [0.1, 0.15) is 0 Å². The molecule has 4 nitrogen and oxygen atoms in total. The summed E-state index contributed by atoms with van der Waals surface area (Å²) in [5.41, 5.74) is 6.87. The van der Waals surface area contributed by atoms with Crippen LogP contribution in [-0.4, -0.2) is 23.4 Å². The van der Waals surface area contributed by atoms with Gasteiger partial charge in [0.2, 0.25) is 0 Å². The molecule has 0 unspecified atom stereocenters. The minimum absolute atomic E-state index is 0.840.